The van der Waals surface area contributed by atoms with E-state index in [-0.39, 0.29) is 112 Å². The fraction of sp³-hybridized carbons (Fsp3) is 0.500. The normalized spacial score (nSPS) is 15.3. The van der Waals surface area contributed by atoms with Gasteiger partial charge >= 0.3 is 24.3 Å². The number of hydrogen-bond donors (Lipinski definition) is 6. The molecule has 2 unspecified atom stereocenters. The predicted octanol–water partition coefficient (Wildman–Crippen LogP) is 7.09. The predicted molar refractivity (Wildman–Crippen MR) is 320 cm³/mol. The van der Waals surface area contributed by atoms with Gasteiger partial charge in [0.15, 0.2) is 0 Å². The van der Waals surface area contributed by atoms with Gasteiger partial charge in [-0.3, -0.25) is 9.59 Å². The van der Waals surface area contributed by atoms with Gasteiger partial charge in [-0.05, 0) is 96.0 Å². The van der Waals surface area contributed by atoms with Crippen molar-refractivity contribution in [1.29, 1.82) is 0 Å². The first-order chi connectivity index (χ1) is 42.4. The number of carboxylic acids is 2. The topological polar surface area (TPSA) is 287 Å². The highest BCUT2D eigenvalue weighted by atomic mass is 35.5. The Morgan fingerprint density at radius 3 is 1.11 bits per heavy atom. The summed E-state index contributed by atoms with van der Waals surface area (Å²) in [5.41, 5.74) is 5.68. The number of sulfonamides is 2. The molecule has 0 saturated heterocycles. The maximum atomic E-state index is 13.1. The lowest BCUT2D eigenvalue weighted by molar-refractivity contribution is -0.193. The lowest BCUT2D eigenvalue weighted by Gasteiger charge is -2.33. The molecule has 0 aliphatic carbocycles. The molecule has 0 radical (unpaired) electrons. The van der Waals surface area contributed by atoms with Crippen LogP contribution in [-0.2, 0) is 80.7 Å². The van der Waals surface area contributed by atoms with E-state index in [1.165, 1.54) is 0 Å². The van der Waals surface area contributed by atoms with Crippen LogP contribution in [0.4, 0.5) is 26.3 Å². The first-order valence-electron chi connectivity index (χ1n) is 27.5. The van der Waals surface area contributed by atoms with Crippen molar-refractivity contribution in [3.8, 4) is 0 Å². The zero-order valence-corrected chi connectivity index (χ0v) is 53.4. The molecule has 22 nitrogen and oxygen atoms in total. The molecule has 502 valence electrons. The SMILES string of the molecule is CN1Cc2c(Cl)cc(Cl)cc2C(c2cccc(S(=O)(=O)NCCOCCOCCOCCNC(=O)CCC(=O)NCCOCCOCCOCCNS(=O)(=O)c3cccc(C4CN(C)Cc5c(Cl)cc(Cl)cc54)c3)c2)C1.O=C(O)C(F)(F)F.O=C(O)C(F)(F)F. The largest absolute Gasteiger partial charge is 0.490 e. The second kappa shape index (κ2) is 38.2. The van der Waals surface area contributed by atoms with E-state index >= 15 is 0 Å². The van der Waals surface area contributed by atoms with Gasteiger partial charge in [0.2, 0.25) is 31.9 Å². The number of carbonyl (C=O) groups is 4. The fourth-order valence-electron chi connectivity index (χ4n) is 8.73. The van der Waals surface area contributed by atoms with Gasteiger partial charge in [-0.1, -0.05) is 70.7 Å². The molecule has 4 aromatic rings. The number of nitrogens with zero attached hydrogens (tertiary/aromatic N) is 2. The minimum absolute atomic E-state index is 0.0290. The molecule has 2 atom stereocenters. The van der Waals surface area contributed by atoms with E-state index in [1.807, 2.05) is 38.4 Å². The van der Waals surface area contributed by atoms with Crippen molar-refractivity contribution in [3.05, 3.63) is 126 Å². The Bertz CT molecular complexity index is 3010. The number of likely N-dealkylation sites (N-methyl/N-ethyl adjacent to an activating group) is 2. The summed E-state index contributed by atoms with van der Waals surface area (Å²) in [5.74, 6) is -6.24. The van der Waals surface area contributed by atoms with Crippen LogP contribution >= 0.6 is 46.4 Å². The molecule has 34 heteroatoms. The summed E-state index contributed by atoms with van der Waals surface area (Å²) in [6.07, 6.45) is -10.1. The Balaban J connectivity index is 0.00000110. The van der Waals surface area contributed by atoms with Crippen LogP contribution in [0.15, 0.2) is 82.6 Å². The molecule has 4 aromatic carbocycles. The zero-order chi connectivity index (χ0) is 66.7. The molecule has 2 heterocycles. The molecule has 2 aliphatic rings. The van der Waals surface area contributed by atoms with E-state index < -0.39 is 44.3 Å². The quantitative estimate of drug-likeness (QED) is 0.0205. The molecular formula is C56H70Cl4F6N6O16S2. The van der Waals surface area contributed by atoms with Crippen LogP contribution in [0.25, 0.3) is 0 Å². The molecule has 2 aliphatic heterocycles. The zero-order valence-electron chi connectivity index (χ0n) is 48.7. The summed E-state index contributed by atoms with van der Waals surface area (Å²) in [5, 5.41) is 21.9. The maximum Gasteiger partial charge on any atom is 0.490 e. The Morgan fingerprint density at radius 2 is 0.800 bits per heavy atom. The summed E-state index contributed by atoms with van der Waals surface area (Å²) in [4.78, 5) is 46.7. The van der Waals surface area contributed by atoms with Crippen LogP contribution in [-0.4, -0.2) is 206 Å². The summed E-state index contributed by atoms with van der Waals surface area (Å²) in [6, 6.07) is 21.1. The number of hydrogen-bond acceptors (Lipinski definition) is 16. The van der Waals surface area contributed by atoms with Crippen LogP contribution in [0.5, 0.6) is 0 Å². The molecular weight excluding hydrogens is 1330 g/mol. The minimum Gasteiger partial charge on any atom is -0.475 e. The third-order valence-electron chi connectivity index (χ3n) is 12.9. The Morgan fingerprint density at radius 1 is 0.500 bits per heavy atom. The first-order valence-corrected chi connectivity index (χ1v) is 32.0. The van der Waals surface area contributed by atoms with Gasteiger partial charge in [0.25, 0.3) is 0 Å². The van der Waals surface area contributed by atoms with E-state index in [1.54, 1.807) is 48.5 Å². The van der Waals surface area contributed by atoms with Crippen LogP contribution in [0.1, 0.15) is 58.1 Å². The molecule has 0 spiro atoms. The van der Waals surface area contributed by atoms with Gasteiger partial charge in [0.05, 0.1) is 89.1 Å². The highest BCUT2D eigenvalue weighted by Crippen LogP contribution is 2.40. The second-order valence-electron chi connectivity index (χ2n) is 19.8. The third kappa shape index (κ3) is 27.7. The van der Waals surface area contributed by atoms with Crippen LogP contribution < -0.4 is 20.1 Å². The fourth-order valence-corrected chi connectivity index (χ4v) is 12.0. The average molecular weight is 1400 g/mol. The summed E-state index contributed by atoms with van der Waals surface area (Å²) in [6.45, 7) is 6.68. The van der Waals surface area contributed by atoms with Crippen molar-refractivity contribution in [2.45, 2.75) is 59.9 Å². The number of carbonyl (C=O) groups excluding carboxylic acids is 2. The van der Waals surface area contributed by atoms with Crippen molar-refractivity contribution >= 4 is 90.2 Å². The Kier molecular flexibility index (Phi) is 32.9. The van der Waals surface area contributed by atoms with Gasteiger partial charge in [-0.15, -0.1) is 0 Å². The van der Waals surface area contributed by atoms with E-state index in [9.17, 15) is 52.8 Å². The minimum atomic E-state index is -5.08. The Hall–Kier alpha value is -5.00. The number of carboxylic acid groups (broad SMARTS) is 2. The van der Waals surface area contributed by atoms with E-state index in [2.05, 4.69) is 29.9 Å². The van der Waals surface area contributed by atoms with Crippen molar-refractivity contribution < 1.29 is 101 Å². The van der Waals surface area contributed by atoms with Gasteiger partial charge in [-0.25, -0.2) is 35.9 Å². The van der Waals surface area contributed by atoms with Gasteiger partial charge in [-0.2, -0.15) is 26.3 Å². The molecule has 0 bridgehead atoms. The molecule has 6 rings (SSSR count). The smallest absolute Gasteiger partial charge is 0.475 e. The van der Waals surface area contributed by atoms with Crippen LogP contribution in [0.2, 0.25) is 20.1 Å². The monoisotopic (exact) mass is 1400 g/mol. The standard InChI is InChI=1S/C52H68Cl4N6O12S2.2C2HF3O2/c1-61-33-45(43-29-39(53)31-49(55)47(43)35-61)37-5-3-7-41(27-37)75(65,66)59-13-17-71-21-25-73-23-19-69-15-11-57-51(63)9-10-52(64)58-12-16-70-20-24-74-26-22-72-18-14-60-76(67,68)42-8-4-6-38(28-42)46-34-62(2)36-48-44(46)30-40(54)32-50(48)56;2*3-2(4,5)1(6)7/h3-8,27-32,45-46,59-60H,9-26,33-36H2,1-2H3,(H,57,63)(H,58,64);2*(H,6,7). The number of aliphatic carboxylic acids is 2. The average Bonchev–Trinajstić information content (AvgIpc) is 0.948. The van der Waals surface area contributed by atoms with Crippen molar-refractivity contribution in [2.24, 2.45) is 0 Å². The highest BCUT2D eigenvalue weighted by molar-refractivity contribution is 7.89. The van der Waals surface area contributed by atoms with Crippen LogP contribution in [0.3, 0.4) is 0 Å². The number of alkyl halides is 6. The molecule has 6 N–H and O–H groups in total. The maximum absolute atomic E-state index is 13.1. The number of ether oxygens (including phenoxy) is 6. The molecule has 90 heavy (non-hydrogen) atoms. The third-order valence-corrected chi connectivity index (χ3v) is 16.9. The summed E-state index contributed by atoms with van der Waals surface area (Å²) in [7, 11) is -3.58. The number of rotatable bonds is 33. The Labute approximate surface area is 537 Å². The highest BCUT2D eigenvalue weighted by Gasteiger charge is 2.39. The summed E-state index contributed by atoms with van der Waals surface area (Å²) < 4.78 is 154. The molecule has 2 amide bonds. The first kappa shape index (κ1) is 77.4. The van der Waals surface area contributed by atoms with Crippen LogP contribution in [0, 0.1) is 0 Å². The lowest BCUT2D eigenvalue weighted by atomic mass is 9.85. The van der Waals surface area contributed by atoms with Gasteiger partial charge in [0.1, 0.15) is 0 Å². The lowest BCUT2D eigenvalue weighted by Crippen LogP contribution is -2.31. The molecule has 0 saturated carbocycles. The van der Waals surface area contributed by atoms with Gasteiger partial charge < -0.3 is 59.1 Å². The number of amides is 2. The number of benzene rings is 4. The number of fused-ring (bicyclic) bond motifs is 2. The van der Waals surface area contributed by atoms with Gasteiger partial charge in [0, 0.05) is 97.1 Å². The summed E-state index contributed by atoms with van der Waals surface area (Å²) >= 11 is 25.7. The second-order valence-corrected chi connectivity index (χ2v) is 25.1. The van der Waals surface area contributed by atoms with Crippen molar-refractivity contribution in [1.82, 2.24) is 29.9 Å². The number of nitrogens with one attached hydrogen (secondary N) is 4. The van der Waals surface area contributed by atoms with Crippen molar-refractivity contribution in [3.63, 3.8) is 0 Å². The van der Waals surface area contributed by atoms with E-state index in [0.29, 0.717) is 85.9 Å². The molecule has 0 fully saturated rings. The van der Waals surface area contributed by atoms with E-state index in [0.717, 1.165) is 33.4 Å². The van der Waals surface area contributed by atoms with E-state index in [4.69, 9.17) is 94.6 Å². The molecule has 0 aromatic heterocycles. The number of halogens is 10. The van der Waals surface area contributed by atoms with Crippen molar-refractivity contribution in [2.75, 3.05) is 133 Å².